The van der Waals surface area contributed by atoms with Crippen LogP contribution in [0.2, 0.25) is 0 Å². The maximum Gasteiger partial charge on any atom is 0.337 e. The van der Waals surface area contributed by atoms with E-state index in [0.29, 0.717) is 40.4 Å². The highest BCUT2D eigenvalue weighted by Crippen LogP contribution is 2.34. The number of rotatable bonds is 10. The highest BCUT2D eigenvalue weighted by molar-refractivity contribution is 5.89. The van der Waals surface area contributed by atoms with Crippen molar-refractivity contribution in [1.82, 2.24) is 15.0 Å². The van der Waals surface area contributed by atoms with Crippen LogP contribution in [0.15, 0.2) is 66.7 Å². The molecule has 4 rings (SSSR count). The molecular weight excluding hydrogens is 470 g/mol. The molecule has 1 aromatic heterocycles. The first kappa shape index (κ1) is 25.6. The Morgan fingerprint density at radius 2 is 1.46 bits per heavy atom. The lowest BCUT2D eigenvalue weighted by Gasteiger charge is -2.12. The molecule has 1 heterocycles. The quantitative estimate of drug-likeness (QED) is 0.201. The third kappa shape index (κ3) is 6.22. The second kappa shape index (κ2) is 12.0. The highest BCUT2D eigenvalue weighted by Gasteiger charge is 2.17. The minimum atomic E-state index is -0.449. The van der Waals surface area contributed by atoms with E-state index in [4.69, 9.17) is 9.47 Å². The van der Waals surface area contributed by atoms with E-state index in [0.717, 1.165) is 19.3 Å². The number of aromatic hydroxyl groups is 2. The van der Waals surface area contributed by atoms with Crippen LogP contribution in [-0.2, 0) is 4.74 Å². The number of aromatic nitrogens is 3. The van der Waals surface area contributed by atoms with Crippen LogP contribution in [0.25, 0.3) is 34.2 Å². The minimum absolute atomic E-state index is 0.0164. The van der Waals surface area contributed by atoms with Crippen LogP contribution < -0.4 is 4.74 Å². The van der Waals surface area contributed by atoms with Crippen LogP contribution in [-0.4, -0.2) is 44.9 Å². The SMILES string of the molecule is CCCCCCOc1ccc(-c2nc(-c3ccc(C(=O)OC)cc3)nc(-c3ccccc3O)n2)c(O)c1. The molecule has 8 heteroatoms. The fraction of sp³-hybridized carbons (Fsp3) is 0.241. The summed E-state index contributed by atoms with van der Waals surface area (Å²) in [4.78, 5) is 25.5. The predicted octanol–water partition coefficient (Wildman–Crippen LogP) is 6.03. The lowest BCUT2D eigenvalue weighted by atomic mass is 10.1. The molecule has 0 aliphatic rings. The summed E-state index contributed by atoms with van der Waals surface area (Å²) in [5.41, 5.74) is 1.83. The van der Waals surface area contributed by atoms with E-state index in [1.165, 1.54) is 13.5 Å². The van der Waals surface area contributed by atoms with Crippen LogP contribution in [0.3, 0.4) is 0 Å². The molecule has 0 saturated carbocycles. The van der Waals surface area contributed by atoms with Gasteiger partial charge >= 0.3 is 5.97 Å². The molecule has 0 spiro atoms. The minimum Gasteiger partial charge on any atom is -0.507 e. The first-order valence-corrected chi connectivity index (χ1v) is 12.2. The van der Waals surface area contributed by atoms with Gasteiger partial charge in [-0.1, -0.05) is 50.5 Å². The van der Waals surface area contributed by atoms with Gasteiger partial charge in [-0.05, 0) is 42.8 Å². The molecule has 0 atom stereocenters. The van der Waals surface area contributed by atoms with Crippen molar-refractivity contribution >= 4 is 5.97 Å². The molecule has 2 N–H and O–H groups in total. The van der Waals surface area contributed by atoms with Crippen molar-refractivity contribution in [3.8, 4) is 51.4 Å². The number of para-hydroxylation sites is 1. The van der Waals surface area contributed by atoms with Crippen LogP contribution in [0.1, 0.15) is 43.0 Å². The van der Waals surface area contributed by atoms with Gasteiger partial charge in [0.05, 0.1) is 30.4 Å². The van der Waals surface area contributed by atoms with Gasteiger partial charge in [0.25, 0.3) is 0 Å². The van der Waals surface area contributed by atoms with E-state index in [9.17, 15) is 15.0 Å². The average molecular weight is 500 g/mol. The Hall–Kier alpha value is -4.46. The van der Waals surface area contributed by atoms with Crippen LogP contribution in [0, 0.1) is 0 Å². The van der Waals surface area contributed by atoms with Crippen LogP contribution in [0.4, 0.5) is 0 Å². The summed E-state index contributed by atoms with van der Waals surface area (Å²) < 4.78 is 10.5. The number of phenolic OH excluding ortho intramolecular Hbond substituents is 2. The molecule has 0 saturated heterocycles. The molecule has 0 aliphatic heterocycles. The zero-order valence-corrected chi connectivity index (χ0v) is 20.8. The molecule has 0 amide bonds. The number of carbonyl (C=O) groups is 1. The molecule has 4 aromatic rings. The smallest absolute Gasteiger partial charge is 0.337 e. The summed E-state index contributed by atoms with van der Waals surface area (Å²) in [6.45, 7) is 2.74. The Balaban J connectivity index is 1.71. The number of carbonyl (C=O) groups excluding carboxylic acids is 1. The molecule has 37 heavy (non-hydrogen) atoms. The molecule has 0 aliphatic carbocycles. The normalized spacial score (nSPS) is 10.8. The van der Waals surface area contributed by atoms with E-state index >= 15 is 0 Å². The Morgan fingerprint density at radius 3 is 2.11 bits per heavy atom. The maximum absolute atomic E-state index is 11.8. The van der Waals surface area contributed by atoms with Crippen LogP contribution >= 0.6 is 0 Å². The topological polar surface area (TPSA) is 115 Å². The summed E-state index contributed by atoms with van der Waals surface area (Å²) in [6, 6.07) is 18.4. The van der Waals surface area contributed by atoms with Gasteiger partial charge in [-0.25, -0.2) is 19.7 Å². The average Bonchev–Trinajstić information content (AvgIpc) is 2.92. The molecule has 0 bridgehead atoms. The summed E-state index contributed by atoms with van der Waals surface area (Å²) in [5.74, 6) is 0.880. The zero-order valence-electron chi connectivity index (χ0n) is 20.8. The number of ether oxygens (including phenoxy) is 2. The van der Waals surface area contributed by atoms with E-state index in [1.54, 1.807) is 66.7 Å². The predicted molar refractivity (Wildman–Crippen MR) is 140 cm³/mol. The Morgan fingerprint density at radius 1 is 0.784 bits per heavy atom. The van der Waals surface area contributed by atoms with Gasteiger partial charge in [0, 0.05) is 11.6 Å². The Bertz CT molecular complexity index is 1370. The molecule has 8 nitrogen and oxygen atoms in total. The van der Waals surface area contributed by atoms with Crippen molar-refractivity contribution in [2.75, 3.05) is 13.7 Å². The number of unbranched alkanes of at least 4 members (excludes halogenated alkanes) is 3. The Kier molecular flexibility index (Phi) is 8.30. The van der Waals surface area contributed by atoms with Crippen molar-refractivity contribution in [2.24, 2.45) is 0 Å². The summed E-state index contributed by atoms with van der Waals surface area (Å²) >= 11 is 0. The first-order chi connectivity index (χ1) is 18.0. The number of phenols is 2. The molecule has 3 aromatic carbocycles. The monoisotopic (exact) mass is 499 g/mol. The van der Waals surface area contributed by atoms with E-state index < -0.39 is 5.97 Å². The lowest BCUT2D eigenvalue weighted by Crippen LogP contribution is -2.02. The second-order valence-electron chi connectivity index (χ2n) is 8.48. The molecule has 0 fully saturated rings. The van der Waals surface area contributed by atoms with Gasteiger partial charge in [-0.3, -0.25) is 0 Å². The van der Waals surface area contributed by atoms with Gasteiger partial charge < -0.3 is 19.7 Å². The van der Waals surface area contributed by atoms with Crippen molar-refractivity contribution < 1.29 is 24.5 Å². The number of nitrogens with zero attached hydrogens (tertiary/aromatic N) is 3. The van der Waals surface area contributed by atoms with E-state index in [1.807, 2.05) is 0 Å². The molecule has 190 valence electrons. The Labute approximate surface area is 215 Å². The number of hydrogen-bond donors (Lipinski definition) is 2. The third-order valence-electron chi connectivity index (χ3n) is 5.82. The molecule has 0 radical (unpaired) electrons. The third-order valence-corrected chi connectivity index (χ3v) is 5.82. The fourth-order valence-corrected chi connectivity index (χ4v) is 3.79. The highest BCUT2D eigenvalue weighted by atomic mass is 16.5. The molecular formula is C29H29N3O5. The molecule has 0 unspecified atom stereocenters. The largest absolute Gasteiger partial charge is 0.507 e. The zero-order chi connectivity index (χ0) is 26.2. The summed E-state index contributed by atoms with van der Waals surface area (Å²) in [5, 5.41) is 21.2. The summed E-state index contributed by atoms with van der Waals surface area (Å²) in [6.07, 6.45) is 4.37. The maximum atomic E-state index is 11.8. The lowest BCUT2D eigenvalue weighted by molar-refractivity contribution is 0.0600. The van der Waals surface area contributed by atoms with Gasteiger partial charge in [-0.15, -0.1) is 0 Å². The van der Waals surface area contributed by atoms with E-state index in [-0.39, 0.29) is 23.1 Å². The van der Waals surface area contributed by atoms with Crippen molar-refractivity contribution in [2.45, 2.75) is 32.6 Å². The van der Waals surface area contributed by atoms with E-state index in [2.05, 4.69) is 21.9 Å². The number of benzene rings is 3. The van der Waals surface area contributed by atoms with Crippen molar-refractivity contribution in [1.29, 1.82) is 0 Å². The second-order valence-corrected chi connectivity index (χ2v) is 8.48. The number of hydrogen-bond acceptors (Lipinski definition) is 8. The number of methoxy groups -OCH3 is 1. The van der Waals surface area contributed by atoms with Gasteiger partial charge in [-0.2, -0.15) is 0 Å². The van der Waals surface area contributed by atoms with Gasteiger partial charge in [0.1, 0.15) is 17.2 Å². The van der Waals surface area contributed by atoms with Crippen LogP contribution in [0.5, 0.6) is 17.2 Å². The standard InChI is InChI=1S/C29H29N3O5/c1-3-4-5-8-17-37-21-15-16-23(25(34)18-21)28-31-26(19-11-13-20(14-12-19)29(35)36-2)30-27(32-28)22-9-6-7-10-24(22)33/h6-7,9-16,18,33-34H,3-5,8,17H2,1-2H3. The first-order valence-electron chi connectivity index (χ1n) is 12.2. The fourth-order valence-electron chi connectivity index (χ4n) is 3.79. The van der Waals surface area contributed by atoms with Gasteiger partial charge in [0.15, 0.2) is 17.5 Å². The van der Waals surface area contributed by atoms with Crippen molar-refractivity contribution in [3.05, 3.63) is 72.3 Å². The van der Waals surface area contributed by atoms with Gasteiger partial charge in [0.2, 0.25) is 0 Å². The van der Waals surface area contributed by atoms with Crippen molar-refractivity contribution in [3.63, 3.8) is 0 Å². The number of esters is 1. The summed E-state index contributed by atoms with van der Waals surface area (Å²) in [7, 11) is 1.32.